The van der Waals surface area contributed by atoms with Gasteiger partial charge in [-0.2, -0.15) is 0 Å². The zero-order valence-electron chi connectivity index (χ0n) is 13.4. The predicted octanol–water partition coefficient (Wildman–Crippen LogP) is 5.06. The maximum Gasteiger partial charge on any atom is 0.000427 e. The van der Waals surface area contributed by atoms with Gasteiger partial charge in [0, 0.05) is 6.54 Å². The molecule has 0 aliphatic heterocycles. The van der Waals surface area contributed by atoms with Crippen LogP contribution in [0.2, 0.25) is 0 Å². The van der Waals surface area contributed by atoms with Crippen LogP contribution in [0.5, 0.6) is 0 Å². The molecule has 0 aromatic carbocycles. The fraction of sp³-hybridized carbons (Fsp3) is 1.00. The summed E-state index contributed by atoms with van der Waals surface area (Å²) in [6, 6.07) is 0. The molecule has 0 atom stereocenters. The Balaban J connectivity index is -0.000000376. The molecule has 0 N–H and O–H groups in total. The Labute approximate surface area is 106 Å². The van der Waals surface area contributed by atoms with Crippen molar-refractivity contribution in [2.75, 3.05) is 19.6 Å². The van der Waals surface area contributed by atoms with Crippen molar-refractivity contribution in [2.24, 2.45) is 11.8 Å². The molecule has 0 heterocycles. The minimum absolute atomic E-state index is 0.803. The van der Waals surface area contributed by atoms with Gasteiger partial charge in [-0.1, -0.05) is 62.3 Å². The fourth-order valence-electron chi connectivity index (χ4n) is 1.34. The van der Waals surface area contributed by atoms with E-state index in [2.05, 4.69) is 39.5 Å². The van der Waals surface area contributed by atoms with E-state index in [4.69, 9.17) is 0 Å². The lowest BCUT2D eigenvalue weighted by Crippen LogP contribution is -2.29. The van der Waals surface area contributed by atoms with Gasteiger partial charge in [0.05, 0.1) is 0 Å². The molecular formula is C15H37N. The molecule has 1 heteroatoms. The summed E-state index contributed by atoms with van der Waals surface area (Å²) in [7, 11) is 0. The van der Waals surface area contributed by atoms with Gasteiger partial charge in [0.1, 0.15) is 0 Å². The van der Waals surface area contributed by atoms with Crippen LogP contribution in [0.15, 0.2) is 0 Å². The summed E-state index contributed by atoms with van der Waals surface area (Å²) >= 11 is 0. The lowest BCUT2D eigenvalue weighted by Gasteiger charge is -2.23. The van der Waals surface area contributed by atoms with Gasteiger partial charge in [0.2, 0.25) is 0 Å². The average Bonchev–Trinajstić information content (AvgIpc) is 2.29. The highest BCUT2D eigenvalue weighted by Crippen LogP contribution is 2.04. The quantitative estimate of drug-likeness (QED) is 0.617. The Morgan fingerprint density at radius 3 is 1.50 bits per heavy atom. The monoisotopic (exact) mass is 231 g/mol. The van der Waals surface area contributed by atoms with E-state index in [0.717, 1.165) is 11.8 Å². The molecule has 0 saturated heterocycles. The average molecular weight is 231 g/mol. The minimum Gasteiger partial charge on any atom is -0.303 e. The van der Waals surface area contributed by atoms with Crippen molar-refractivity contribution in [1.29, 1.82) is 0 Å². The smallest absolute Gasteiger partial charge is 0.000427 e. The van der Waals surface area contributed by atoms with E-state index in [9.17, 15) is 0 Å². The molecule has 0 aliphatic rings. The Hall–Kier alpha value is -0.0400. The van der Waals surface area contributed by atoms with Gasteiger partial charge in [-0.3, -0.25) is 0 Å². The molecule has 1 nitrogen and oxygen atoms in total. The van der Waals surface area contributed by atoms with Crippen molar-refractivity contribution in [3.63, 3.8) is 0 Å². The molecular weight excluding hydrogens is 194 g/mol. The first kappa shape index (κ1) is 21.3. The molecule has 0 rings (SSSR count). The molecule has 102 valence electrons. The van der Waals surface area contributed by atoms with Crippen molar-refractivity contribution in [3.05, 3.63) is 0 Å². The van der Waals surface area contributed by atoms with Crippen LogP contribution in [0.1, 0.15) is 68.7 Å². The highest BCUT2D eigenvalue weighted by atomic mass is 15.1. The van der Waals surface area contributed by atoms with E-state index >= 15 is 0 Å². The third-order valence-electron chi connectivity index (χ3n) is 2.09. The zero-order valence-corrected chi connectivity index (χ0v) is 13.4. The van der Waals surface area contributed by atoms with E-state index in [-0.39, 0.29) is 0 Å². The molecule has 0 aliphatic carbocycles. The van der Waals surface area contributed by atoms with Crippen LogP contribution in [0.4, 0.5) is 0 Å². The maximum absolute atomic E-state index is 2.55. The minimum atomic E-state index is 0.803. The van der Waals surface area contributed by atoms with Crippen molar-refractivity contribution < 1.29 is 0 Å². The third-order valence-corrected chi connectivity index (χ3v) is 2.09. The lowest BCUT2D eigenvalue weighted by atomic mass is 10.1. The van der Waals surface area contributed by atoms with Crippen LogP contribution >= 0.6 is 0 Å². The first-order chi connectivity index (χ1) is 7.56. The first-order valence-corrected chi connectivity index (χ1v) is 7.28. The molecule has 0 bridgehead atoms. The molecule has 0 amide bonds. The van der Waals surface area contributed by atoms with Crippen molar-refractivity contribution >= 4 is 0 Å². The molecule has 0 aromatic rings. The van der Waals surface area contributed by atoms with Gasteiger partial charge in [0.15, 0.2) is 0 Å². The maximum atomic E-state index is 2.55. The number of hydrogen-bond donors (Lipinski definition) is 0. The Morgan fingerprint density at radius 2 is 1.25 bits per heavy atom. The zero-order chi connectivity index (χ0) is 13.6. The number of hydrogen-bond acceptors (Lipinski definition) is 1. The normalized spacial score (nSPS) is 9.75. The van der Waals surface area contributed by atoms with Gasteiger partial charge >= 0.3 is 0 Å². The first-order valence-electron chi connectivity index (χ1n) is 7.28. The third kappa shape index (κ3) is 19.5. The molecule has 16 heavy (non-hydrogen) atoms. The second-order valence-corrected chi connectivity index (χ2v) is 4.47. The standard InChI is InChI=1S/C11H25N.2C2H6/c1-6-12(9-11(4)5)8-7-10(2)3;2*1-2/h10-11H,6-9H2,1-5H3;2*1-2H3. The summed E-state index contributed by atoms with van der Waals surface area (Å²) < 4.78 is 0. The summed E-state index contributed by atoms with van der Waals surface area (Å²) in [5, 5.41) is 0. The second-order valence-electron chi connectivity index (χ2n) is 4.47. The summed E-state index contributed by atoms with van der Waals surface area (Å²) in [6.07, 6.45) is 1.33. The van der Waals surface area contributed by atoms with Crippen LogP contribution in [0, 0.1) is 11.8 Å². The van der Waals surface area contributed by atoms with Crippen LogP contribution in [-0.2, 0) is 0 Å². The topological polar surface area (TPSA) is 3.24 Å². The van der Waals surface area contributed by atoms with E-state index < -0.39 is 0 Å². The molecule has 0 spiro atoms. The van der Waals surface area contributed by atoms with E-state index in [1.165, 1.54) is 26.1 Å². The molecule has 0 fully saturated rings. The van der Waals surface area contributed by atoms with Crippen molar-refractivity contribution in [2.45, 2.75) is 68.7 Å². The Bertz CT molecular complexity index is 97.6. The van der Waals surface area contributed by atoms with Crippen LogP contribution in [-0.4, -0.2) is 24.5 Å². The predicted molar refractivity (Wildman–Crippen MR) is 79.1 cm³/mol. The number of rotatable bonds is 6. The van der Waals surface area contributed by atoms with E-state index in [0.29, 0.717) is 0 Å². The Kier molecular flexibility index (Phi) is 23.1. The van der Waals surface area contributed by atoms with Gasteiger partial charge in [-0.15, -0.1) is 0 Å². The van der Waals surface area contributed by atoms with E-state index in [1.807, 2.05) is 27.7 Å². The van der Waals surface area contributed by atoms with Gasteiger partial charge in [-0.25, -0.2) is 0 Å². The highest BCUT2D eigenvalue weighted by Gasteiger charge is 2.05. The van der Waals surface area contributed by atoms with Crippen LogP contribution in [0.3, 0.4) is 0 Å². The molecule has 0 aromatic heterocycles. The van der Waals surface area contributed by atoms with Crippen molar-refractivity contribution in [1.82, 2.24) is 4.90 Å². The second kappa shape index (κ2) is 17.4. The van der Waals surface area contributed by atoms with Crippen LogP contribution < -0.4 is 0 Å². The van der Waals surface area contributed by atoms with Gasteiger partial charge in [0.25, 0.3) is 0 Å². The fourth-order valence-corrected chi connectivity index (χ4v) is 1.34. The molecule has 0 unspecified atom stereocenters. The SMILES string of the molecule is CC.CC.CCN(CCC(C)C)CC(C)C. The summed E-state index contributed by atoms with van der Waals surface area (Å²) in [6.45, 7) is 23.1. The Morgan fingerprint density at radius 1 is 0.812 bits per heavy atom. The summed E-state index contributed by atoms with van der Waals surface area (Å²) in [5.41, 5.74) is 0. The largest absolute Gasteiger partial charge is 0.303 e. The van der Waals surface area contributed by atoms with Crippen LogP contribution in [0.25, 0.3) is 0 Å². The van der Waals surface area contributed by atoms with Gasteiger partial charge in [-0.05, 0) is 31.3 Å². The van der Waals surface area contributed by atoms with E-state index in [1.54, 1.807) is 0 Å². The number of nitrogens with zero attached hydrogens (tertiary/aromatic N) is 1. The highest BCUT2D eigenvalue weighted by molar-refractivity contribution is 4.59. The summed E-state index contributed by atoms with van der Waals surface area (Å²) in [5.74, 6) is 1.64. The summed E-state index contributed by atoms with van der Waals surface area (Å²) in [4.78, 5) is 2.55. The molecule has 0 radical (unpaired) electrons. The van der Waals surface area contributed by atoms with Crippen molar-refractivity contribution in [3.8, 4) is 0 Å². The molecule has 0 saturated carbocycles. The van der Waals surface area contributed by atoms with Gasteiger partial charge < -0.3 is 4.90 Å². The lowest BCUT2D eigenvalue weighted by molar-refractivity contribution is 0.242.